The van der Waals surface area contributed by atoms with Gasteiger partial charge in [-0.05, 0) is 96.3 Å². The van der Waals surface area contributed by atoms with Gasteiger partial charge in [-0.2, -0.15) is 0 Å². The van der Waals surface area contributed by atoms with Gasteiger partial charge in [-0.25, -0.2) is 0 Å². The lowest BCUT2D eigenvalue weighted by atomic mass is 10.1. The van der Waals surface area contributed by atoms with E-state index in [1.807, 2.05) is 0 Å². The average Bonchev–Trinajstić information content (AvgIpc) is 3.24. The van der Waals surface area contributed by atoms with Crippen LogP contribution in [0.25, 0.3) is 0 Å². The van der Waals surface area contributed by atoms with Gasteiger partial charge >= 0.3 is 17.9 Å². The maximum absolute atomic E-state index is 12.7. The Morgan fingerprint density at radius 2 is 0.733 bits per heavy atom. The number of esters is 3. The van der Waals surface area contributed by atoms with Crippen LogP contribution < -0.4 is 0 Å². The molecule has 0 radical (unpaired) electrons. The lowest BCUT2D eigenvalue weighted by Gasteiger charge is -2.18. The first-order valence-electron chi connectivity index (χ1n) is 24.3. The van der Waals surface area contributed by atoms with Gasteiger partial charge in [0.25, 0.3) is 0 Å². The molecule has 0 aromatic rings. The summed E-state index contributed by atoms with van der Waals surface area (Å²) in [5.41, 5.74) is 0. The summed E-state index contributed by atoms with van der Waals surface area (Å²) in [6.07, 6.45) is 62.4. The Labute approximate surface area is 368 Å². The van der Waals surface area contributed by atoms with Crippen molar-refractivity contribution >= 4 is 17.9 Å². The summed E-state index contributed by atoms with van der Waals surface area (Å²) in [7, 11) is 0. The lowest BCUT2D eigenvalue weighted by Crippen LogP contribution is -2.30. The van der Waals surface area contributed by atoms with Crippen LogP contribution in [-0.2, 0) is 28.6 Å². The average molecular weight is 833 g/mol. The SMILES string of the molecule is CC/C=C\C/C=C\C/C=C\CCCCCCC(=O)OC(COC(=O)CCCCCC/C=C\CCCC)COC(=O)CCCCCCC\C=C/C=C\C=C/C=C\CCCCC. The largest absolute Gasteiger partial charge is 0.462 e. The van der Waals surface area contributed by atoms with Crippen molar-refractivity contribution in [1.82, 2.24) is 0 Å². The van der Waals surface area contributed by atoms with Gasteiger partial charge in [-0.3, -0.25) is 14.4 Å². The van der Waals surface area contributed by atoms with E-state index in [1.54, 1.807) is 0 Å². The zero-order chi connectivity index (χ0) is 43.7. The van der Waals surface area contributed by atoms with Gasteiger partial charge in [0.1, 0.15) is 13.2 Å². The van der Waals surface area contributed by atoms with Crippen molar-refractivity contribution in [2.45, 2.75) is 213 Å². The van der Waals surface area contributed by atoms with Crippen molar-refractivity contribution in [3.63, 3.8) is 0 Å². The van der Waals surface area contributed by atoms with Gasteiger partial charge in [0, 0.05) is 19.3 Å². The van der Waals surface area contributed by atoms with Gasteiger partial charge in [0.15, 0.2) is 6.10 Å². The van der Waals surface area contributed by atoms with Crippen molar-refractivity contribution in [2.75, 3.05) is 13.2 Å². The molecule has 6 nitrogen and oxygen atoms in total. The molecule has 0 aliphatic carbocycles. The van der Waals surface area contributed by atoms with Crippen molar-refractivity contribution in [3.8, 4) is 0 Å². The van der Waals surface area contributed by atoms with Crippen molar-refractivity contribution in [2.24, 2.45) is 0 Å². The van der Waals surface area contributed by atoms with Gasteiger partial charge < -0.3 is 14.2 Å². The molecule has 340 valence electrons. The van der Waals surface area contributed by atoms with Crippen LogP contribution in [0.3, 0.4) is 0 Å². The smallest absolute Gasteiger partial charge is 0.306 e. The Morgan fingerprint density at radius 3 is 1.23 bits per heavy atom. The predicted octanol–water partition coefficient (Wildman–Crippen LogP) is 15.8. The number of rotatable bonds is 42. The summed E-state index contributed by atoms with van der Waals surface area (Å²) in [6.45, 7) is 6.37. The van der Waals surface area contributed by atoms with Crippen LogP contribution in [0.15, 0.2) is 97.2 Å². The van der Waals surface area contributed by atoms with E-state index in [2.05, 4.69) is 118 Å². The molecule has 60 heavy (non-hydrogen) atoms. The standard InChI is InChI=1S/C54H88O6/c1-4-7-10-13-16-19-22-24-26-27-28-29-31-32-35-38-41-44-47-53(56)59-50-51(49-58-52(55)46-43-40-37-34-21-18-15-12-9-6-3)60-54(57)48-45-42-39-36-33-30-25-23-20-17-14-11-8-5-2/h8,11,15-20,22,24-30,51H,4-7,9-10,12-14,21,23,31-50H2,1-3H3/b11-8-,18-15-,19-16-,20-17-,24-22-,27-26-,29-28-,30-25-. The molecule has 0 heterocycles. The Hall–Kier alpha value is -3.67. The first-order valence-corrected chi connectivity index (χ1v) is 24.3. The van der Waals surface area contributed by atoms with E-state index < -0.39 is 6.10 Å². The molecule has 0 aromatic carbocycles. The van der Waals surface area contributed by atoms with E-state index >= 15 is 0 Å². The molecular weight excluding hydrogens is 745 g/mol. The third kappa shape index (κ3) is 45.4. The predicted molar refractivity (Wildman–Crippen MR) is 256 cm³/mol. The fraction of sp³-hybridized carbons (Fsp3) is 0.648. The molecule has 1 unspecified atom stereocenters. The molecule has 0 saturated carbocycles. The molecule has 0 aromatic heterocycles. The van der Waals surface area contributed by atoms with Crippen LogP contribution in [-0.4, -0.2) is 37.2 Å². The minimum absolute atomic E-state index is 0.102. The molecule has 1 atom stereocenters. The highest BCUT2D eigenvalue weighted by molar-refractivity contribution is 5.71. The quantitative estimate of drug-likeness (QED) is 0.0200. The van der Waals surface area contributed by atoms with Crippen LogP contribution in [0.5, 0.6) is 0 Å². The van der Waals surface area contributed by atoms with Gasteiger partial charge in [0.2, 0.25) is 0 Å². The van der Waals surface area contributed by atoms with E-state index in [1.165, 1.54) is 32.1 Å². The first kappa shape index (κ1) is 56.3. The minimum atomic E-state index is -0.803. The second kappa shape index (κ2) is 48.0. The summed E-state index contributed by atoms with van der Waals surface area (Å²) < 4.78 is 16.7. The maximum atomic E-state index is 12.7. The summed E-state index contributed by atoms with van der Waals surface area (Å²) in [4.78, 5) is 37.8. The first-order chi connectivity index (χ1) is 29.5. The van der Waals surface area contributed by atoms with Crippen LogP contribution in [0.4, 0.5) is 0 Å². The molecular formula is C54H88O6. The van der Waals surface area contributed by atoms with Gasteiger partial charge in [-0.1, -0.05) is 189 Å². The second-order valence-corrected chi connectivity index (χ2v) is 15.7. The van der Waals surface area contributed by atoms with E-state index in [4.69, 9.17) is 14.2 Å². The molecule has 6 heteroatoms. The van der Waals surface area contributed by atoms with Gasteiger partial charge in [0.05, 0.1) is 0 Å². The highest BCUT2D eigenvalue weighted by Gasteiger charge is 2.19. The van der Waals surface area contributed by atoms with Crippen molar-refractivity contribution in [3.05, 3.63) is 97.2 Å². The Bertz CT molecular complexity index is 1230. The number of allylic oxidation sites excluding steroid dienone is 16. The maximum Gasteiger partial charge on any atom is 0.306 e. The van der Waals surface area contributed by atoms with Crippen LogP contribution in [0.1, 0.15) is 207 Å². The summed E-state index contributed by atoms with van der Waals surface area (Å²) in [5.74, 6) is -0.968. The molecule has 0 fully saturated rings. The number of carbonyl (C=O) groups excluding carboxylic acids is 3. The third-order valence-electron chi connectivity index (χ3n) is 9.89. The third-order valence-corrected chi connectivity index (χ3v) is 9.89. The number of ether oxygens (including phenoxy) is 3. The lowest BCUT2D eigenvalue weighted by molar-refractivity contribution is -0.167. The summed E-state index contributed by atoms with van der Waals surface area (Å²) in [6, 6.07) is 0. The molecule has 0 aliphatic rings. The second-order valence-electron chi connectivity index (χ2n) is 15.7. The summed E-state index contributed by atoms with van der Waals surface area (Å²) in [5, 5.41) is 0. The van der Waals surface area contributed by atoms with Crippen molar-refractivity contribution in [1.29, 1.82) is 0 Å². The molecule has 0 spiro atoms. The molecule has 0 N–H and O–H groups in total. The monoisotopic (exact) mass is 833 g/mol. The molecule has 0 saturated heterocycles. The van der Waals surface area contributed by atoms with E-state index in [-0.39, 0.29) is 31.1 Å². The Morgan fingerprint density at radius 1 is 0.367 bits per heavy atom. The number of carbonyl (C=O) groups is 3. The molecule has 0 rings (SSSR count). The Kier molecular flexibility index (Phi) is 45.1. The van der Waals surface area contributed by atoms with Crippen LogP contribution in [0, 0.1) is 0 Å². The number of hydrogen-bond acceptors (Lipinski definition) is 6. The van der Waals surface area contributed by atoms with E-state index in [9.17, 15) is 14.4 Å². The fourth-order valence-electron chi connectivity index (χ4n) is 6.21. The normalized spacial score (nSPS) is 12.9. The van der Waals surface area contributed by atoms with E-state index in [0.717, 1.165) is 135 Å². The fourth-order valence-corrected chi connectivity index (χ4v) is 6.21. The summed E-state index contributed by atoms with van der Waals surface area (Å²) >= 11 is 0. The number of hydrogen-bond donors (Lipinski definition) is 0. The Balaban J connectivity index is 4.47. The molecule has 0 amide bonds. The minimum Gasteiger partial charge on any atom is -0.462 e. The highest BCUT2D eigenvalue weighted by Crippen LogP contribution is 2.12. The van der Waals surface area contributed by atoms with Gasteiger partial charge in [-0.15, -0.1) is 0 Å². The zero-order valence-corrected chi connectivity index (χ0v) is 38.7. The number of unbranched alkanes of at least 4 members (excludes halogenated alkanes) is 18. The van der Waals surface area contributed by atoms with Crippen LogP contribution >= 0.6 is 0 Å². The molecule has 0 aliphatic heterocycles. The van der Waals surface area contributed by atoms with Crippen LogP contribution in [0.2, 0.25) is 0 Å². The molecule has 0 bridgehead atoms. The van der Waals surface area contributed by atoms with E-state index in [0.29, 0.717) is 19.3 Å². The van der Waals surface area contributed by atoms with Crippen molar-refractivity contribution < 1.29 is 28.6 Å². The topological polar surface area (TPSA) is 78.9 Å². The highest BCUT2D eigenvalue weighted by atomic mass is 16.6. The zero-order valence-electron chi connectivity index (χ0n) is 38.7.